The van der Waals surface area contributed by atoms with Gasteiger partial charge in [-0.2, -0.15) is 0 Å². The number of aromatic nitrogens is 1. The van der Waals surface area contributed by atoms with Crippen molar-refractivity contribution in [2.45, 2.75) is 25.4 Å². The molecule has 0 spiro atoms. The molecule has 0 unspecified atom stereocenters. The summed E-state index contributed by atoms with van der Waals surface area (Å²) in [6.07, 6.45) is 0.724. The Balaban J connectivity index is 1.92. The van der Waals surface area contributed by atoms with Crippen molar-refractivity contribution < 1.29 is 19.2 Å². The Labute approximate surface area is 131 Å². The van der Waals surface area contributed by atoms with Gasteiger partial charge in [0.15, 0.2) is 5.58 Å². The number of nitrogens with one attached hydrogen (secondary N) is 1. The molecule has 1 aliphatic rings. The number of aliphatic hydroxyl groups is 1. The van der Waals surface area contributed by atoms with Gasteiger partial charge in [0.1, 0.15) is 5.69 Å². The molecule has 2 aromatic carbocycles. The molecular weight excluding hydrogens is 296 g/mol. The van der Waals surface area contributed by atoms with Gasteiger partial charge in [0.05, 0.1) is 17.9 Å². The van der Waals surface area contributed by atoms with Crippen molar-refractivity contribution >= 4 is 33.6 Å². The van der Waals surface area contributed by atoms with Gasteiger partial charge in [0.25, 0.3) is 0 Å². The number of fused-ring (bicyclic) bond motifs is 3. The van der Waals surface area contributed by atoms with Gasteiger partial charge >= 0.3 is 0 Å². The third kappa shape index (κ3) is 2.19. The monoisotopic (exact) mass is 310 g/mol. The highest BCUT2D eigenvalue weighted by atomic mass is 16.5. The summed E-state index contributed by atoms with van der Waals surface area (Å²) in [6, 6.07) is 9.34. The van der Waals surface area contributed by atoms with E-state index in [0.29, 0.717) is 24.1 Å². The Hall–Kier alpha value is -2.73. The number of carbonyl (C=O) groups is 2. The lowest BCUT2D eigenvalue weighted by molar-refractivity contribution is -0.134. The average Bonchev–Trinajstić information content (AvgIpc) is 2.98. The van der Waals surface area contributed by atoms with E-state index in [4.69, 9.17) is 4.52 Å². The Morgan fingerprint density at radius 2 is 2.13 bits per heavy atom. The van der Waals surface area contributed by atoms with Gasteiger partial charge in [0, 0.05) is 6.42 Å². The van der Waals surface area contributed by atoms with Crippen molar-refractivity contribution in [3.8, 4) is 0 Å². The highest BCUT2D eigenvalue weighted by Crippen LogP contribution is 2.35. The smallest absolute Gasteiger partial charge is 0.235 e. The molecular formula is C17H14N2O4. The minimum absolute atomic E-state index is 0.0301. The first kappa shape index (κ1) is 13.9. The summed E-state index contributed by atoms with van der Waals surface area (Å²) in [5.41, 5.74) is 1.98. The summed E-state index contributed by atoms with van der Waals surface area (Å²) in [5, 5.41) is 18.4. The van der Waals surface area contributed by atoms with Crippen LogP contribution in [0.4, 0.5) is 0 Å². The summed E-state index contributed by atoms with van der Waals surface area (Å²) in [7, 11) is 0. The van der Waals surface area contributed by atoms with Crippen molar-refractivity contribution in [3.05, 3.63) is 41.6 Å². The normalized spacial score (nSPS) is 18.6. The van der Waals surface area contributed by atoms with Crippen LogP contribution in [0.5, 0.6) is 0 Å². The number of imide groups is 1. The van der Waals surface area contributed by atoms with Crippen LogP contribution in [0, 0.1) is 0 Å². The maximum atomic E-state index is 12.1. The second kappa shape index (κ2) is 5.17. The van der Waals surface area contributed by atoms with E-state index >= 15 is 0 Å². The molecule has 1 aromatic heterocycles. The molecule has 1 fully saturated rings. The second-order valence-corrected chi connectivity index (χ2v) is 5.72. The van der Waals surface area contributed by atoms with Crippen molar-refractivity contribution in [2.75, 3.05) is 0 Å². The molecule has 1 atom stereocenters. The number of hydrogen-bond acceptors (Lipinski definition) is 5. The van der Waals surface area contributed by atoms with Crippen LogP contribution in [0.1, 0.15) is 30.0 Å². The van der Waals surface area contributed by atoms with Gasteiger partial charge in [-0.15, -0.1) is 0 Å². The number of carbonyl (C=O) groups excluding carboxylic acids is 2. The van der Waals surface area contributed by atoms with Crippen LogP contribution in [0.15, 0.2) is 34.9 Å². The van der Waals surface area contributed by atoms with Gasteiger partial charge in [-0.25, -0.2) is 0 Å². The molecule has 0 radical (unpaired) electrons. The van der Waals surface area contributed by atoms with Gasteiger partial charge in [-0.05, 0) is 34.9 Å². The zero-order valence-corrected chi connectivity index (χ0v) is 12.2. The van der Waals surface area contributed by atoms with Crippen molar-refractivity contribution in [3.63, 3.8) is 0 Å². The van der Waals surface area contributed by atoms with E-state index in [9.17, 15) is 14.7 Å². The van der Waals surface area contributed by atoms with Gasteiger partial charge in [-0.3, -0.25) is 14.9 Å². The van der Waals surface area contributed by atoms with E-state index in [2.05, 4.69) is 10.5 Å². The summed E-state index contributed by atoms with van der Waals surface area (Å²) in [5.74, 6) is -1.08. The number of aliphatic hydroxyl groups excluding tert-OH is 1. The highest BCUT2D eigenvalue weighted by molar-refractivity contribution is 6.10. The average molecular weight is 310 g/mol. The lowest BCUT2D eigenvalue weighted by Gasteiger charge is -2.19. The summed E-state index contributed by atoms with van der Waals surface area (Å²) in [6.45, 7) is -0.0301. The van der Waals surface area contributed by atoms with Crippen LogP contribution < -0.4 is 5.32 Å². The molecule has 0 bridgehead atoms. The number of nitrogens with zero attached hydrogens (tertiary/aromatic N) is 1. The Kier molecular flexibility index (Phi) is 3.12. The molecule has 2 N–H and O–H groups in total. The zero-order valence-electron chi connectivity index (χ0n) is 12.2. The summed E-state index contributed by atoms with van der Waals surface area (Å²) >= 11 is 0. The Bertz CT molecular complexity index is 944. The molecule has 0 aliphatic carbocycles. The summed E-state index contributed by atoms with van der Waals surface area (Å²) < 4.78 is 5.38. The second-order valence-electron chi connectivity index (χ2n) is 5.72. The molecule has 1 aliphatic heterocycles. The first-order valence-electron chi connectivity index (χ1n) is 7.43. The van der Waals surface area contributed by atoms with E-state index in [1.807, 2.05) is 24.3 Å². The minimum Gasteiger partial charge on any atom is -0.392 e. The molecule has 2 heterocycles. The van der Waals surface area contributed by atoms with E-state index in [0.717, 1.165) is 21.7 Å². The molecule has 116 valence electrons. The maximum Gasteiger partial charge on any atom is 0.235 e. The molecule has 2 amide bonds. The number of hydrogen-bond donors (Lipinski definition) is 2. The van der Waals surface area contributed by atoms with E-state index in [1.54, 1.807) is 6.07 Å². The quantitative estimate of drug-likeness (QED) is 0.706. The van der Waals surface area contributed by atoms with E-state index in [-0.39, 0.29) is 18.4 Å². The molecule has 4 rings (SSSR count). The lowest BCUT2D eigenvalue weighted by atomic mass is 9.91. The number of amides is 2. The fraction of sp³-hybridized carbons (Fsp3) is 0.235. The van der Waals surface area contributed by atoms with Crippen LogP contribution in [-0.2, 0) is 16.2 Å². The fourth-order valence-corrected chi connectivity index (χ4v) is 3.13. The molecule has 3 aromatic rings. The predicted octanol–water partition coefficient (Wildman–Crippen LogP) is 1.99. The maximum absolute atomic E-state index is 12.1. The predicted molar refractivity (Wildman–Crippen MR) is 82.6 cm³/mol. The van der Waals surface area contributed by atoms with Crippen LogP contribution in [0.25, 0.3) is 21.7 Å². The molecule has 23 heavy (non-hydrogen) atoms. The van der Waals surface area contributed by atoms with Crippen molar-refractivity contribution in [1.82, 2.24) is 10.5 Å². The molecule has 6 nitrogen and oxygen atoms in total. The van der Waals surface area contributed by atoms with Gasteiger partial charge < -0.3 is 9.63 Å². The number of rotatable bonds is 2. The topological polar surface area (TPSA) is 92.4 Å². The zero-order chi connectivity index (χ0) is 16.0. The van der Waals surface area contributed by atoms with Crippen LogP contribution in [0.3, 0.4) is 0 Å². The van der Waals surface area contributed by atoms with Crippen LogP contribution >= 0.6 is 0 Å². The van der Waals surface area contributed by atoms with Crippen molar-refractivity contribution in [2.24, 2.45) is 0 Å². The lowest BCUT2D eigenvalue weighted by Crippen LogP contribution is -2.39. The standard InChI is InChI=1S/C17H14N2O4/c20-8-9-1-3-11-10(7-9)2-5-13-15(11)16(19-23-13)12-4-6-14(21)18-17(12)22/h1-3,5,7,12,20H,4,6,8H2,(H,18,21,22)/t12-/m0/s1. The molecule has 0 saturated carbocycles. The minimum atomic E-state index is -0.489. The summed E-state index contributed by atoms with van der Waals surface area (Å²) in [4.78, 5) is 23.5. The largest absolute Gasteiger partial charge is 0.392 e. The molecule has 6 heteroatoms. The fourth-order valence-electron chi connectivity index (χ4n) is 3.13. The van der Waals surface area contributed by atoms with Crippen LogP contribution in [0.2, 0.25) is 0 Å². The van der Waals surface area contributed by atoms with Crippen LogP contribution in [-0.4, -0.2) is 22.1 Å². The third-order valence-electron chi connectivity index (χ3n) is 4.30. The number of benzene rings is 2. The Morgan fingerprint density at radius 1 is 1.26 bits per heavy atom. The SMILES string of the molecule is O=C1CC[C@@H](c2noc3ccc4cc(CO)ccc4c23)C(=O)N1. The molecule has 1 saturated heterocycles. The third-order valence-corrected chi connectivity index (χ3v) is 4.30. The van der Waals surface area contributed by atoms with E-state index in [1.165, 1.54) is 0 Å². The first-order chi connectivity index (χ1) is 11.2. The van der Waals surface area contributed by atoms with Gasteiger partial charge in [-0.1, -0.05) is 23.4 Å². The van der Waals surface area contributed by atoms with E-state index < -0.39 is 5.92 Å². The highest BCUT2D eigenvalue weighted by Gasteiger charge is 2.32. The van der Waals surface area contributed by atoms with Gasteiger partial charge in [0.2, 0.25) is 11.8 Å². The van der Waals surface area contributed by atoms with Crippen molar-refractivity contribution in [1.29, 1.82) is 0 Å². The first-order valence-corrected chi connectivity index (χ1v) is 7.43. The Morgan fingerprint density at radius 3 is 2.91 bits per heavy atom. The number of piperidine rings is 1.